The Balaban J connectivity index is 1.14. The molecule has 0 aliphatic heterocycles. The number of hydrogen-bond donors (Lipinski definition) is 0. The lowest BCUT2D eigenvalue weighted by atomic mass is 9.43. The van der Waals surface area contributed by atoms with Gasteiger partial charge in [-0.1, -0.05) is 105 Å². The van der Waals surface area contributed by atoms with Crippen LogP contribution in [0.2, 0.25) is 0 Å². The van der Waals surface area contributed by atoms with Gasteiger partial charge in [0.2, 0.25) is 0 Å². The highest BCUT2D eigenvalue weighted by molar-refractivity contribution is 7.25. The summed E-state index contributed by atoms with van der Waals surface area (Å²) in [5.74, 6) is 3.23. The summed E-state index contributed by atoms with van der Waals surface area (Å²) in [6, 6.07) is 49.4. The van der Waals surface area contributed by atoms with E-state index in [4.69, 9.17) is 0 Å². The first-order valence-corrected chi connectivity index (χ1v) is 20.0. The van der Waals surface area contributed by atoms with Gasteiger partial charge in [0.15, 0.2) is 0 Å². The van der Waals surface area contributed by atoms with Gasteiger partial charge in [-0.3, -0.25) is 0 Å². The van der Waals surface area contributed by atoms with Gasteiger partial charge in [-0.25, -0.2) is 0 Å². The van der Waals surface area contributed by atoms with Gasteiger partial charge in [0, 0.05) is 42.4 Å². The zero-order valence-corrected chi connectivity index (χ0v) is 30.1. The molecule has 4 fully saturated rings. The zero-order valence-electron chi connectivity index (χ0n) is 29.3. The first-order chi connectivity index (χ1) is 25.0. The smallest absolute Gasteiger partial charge is 0.0509 e. The van der Waals surface area contributed by atoms with Gasteiger partial charge in [0.1, 0.15) is 0 Å². The van der Waals surface area contributed by atoms with Crippen LogP contribution in [-0.4, -0.2) is 0 Å². The Kier molecular flexibility index (Phi) is 5.69. The Morgan fingerprint density at radius 2 is 1.12 bits per heavy atom. The van der Waals surface area contributed by atoms with Crippen molar-refractivity contribution in [1.29, 1.82) is 0 Å². The molecule has 6 aliphatic rings. The van der Waals surface area contributed by atoms with Crippen molar-refractivity contribution >= 4 is 48.6 Å². The van der Waals surface area contributed by atoms with Crippen molar-refractivity contribution in [2.75, 3.05) is 4.90 Å². The van der Waals surface area contributed by atoms with Gasteiger partial charge >= 0.3 is 0 Å². The van der Waals surface area contributed by atoms with Crippen molar-refractivity contribution in [2.45, 2.75) is 56.8 Å². The Bertz CT molecular complexity index is 2570. The molecule has 1 nitrogen and oxygen atoms in total. The summed E-state index contributed by atoms with van der Waals surface area (Å²) in [6.45, 7) is 4.82. The van der Waals surface area contributed by atoms with Crippen LogP contribution in [0.5, 0.6) is 0 Å². The summed E-state index contributed by atoms with van der Waals surface area (Å²) in [4.78, 5) is 2.67. The Morgan fingerprint density at radius 1 is 0.510 bits per heavy atom. The van der Waals surface area contributed by atoms with Gasteiger partial charge in [0.25, 0.3) is 0 Å². The first-order valence-electron chi connectivity index (χ1n) is 19.2. The highest BCUT2D eigenvalue weighted by Gasteiger charge is 2.62. The summed E-state index contributed by atoms with van der Waals surface area (Å²) < 4.78 is 2.71. The fourth-order valence-corrected chi connectivity index (χ4v) is 13.6. The van der Waals surface area contributed by atoms with Crippen LogP contribution >= 0.6 is 11.3 Å². The third kappa shape index (κ3) is 3.67. The van der Waals surface area contributed by atoms with Crippen molar-refractivity contribution in [3.63, 3.8) is 0 Å². The van der Waals surface area contributed by atoms with Crippen LogP contribution in [0.15, 0.2) is 127 Å². The van der Waals surface area contributed by atoms with Gasteiger partial charge in [-0.15, -0.1) is 11.3 Å². The Hall–Kier alpha value is -4.66. The molecule has 51 heavy (non-hydrogen) atoms. The third-order valence-corrected chi connectivity index (χ3v) is 15.4. The Labute approximate surface area is 304 Å². The summed E-state index contributed by atoms with van der Waals surface area (Å²) in [5, 5.41) is 2.71. The van der Waals surface area contributed by atoms with Crippen LogP contribution in [0, 0.1) is 23.7 Å². The Morgan fingerprint density at radius 3 is 1.92 bits per heavy atom. The molecule has 248 valence electrons. The molecule has 7 aromatic rings. The molecule has 0 unspecified atom stereocenters. The number of benzene rings is 6. The van der Waals surface area contributed by atoms with E-state index >= 15 is 0 Å². The number of thiophene rings is 1. The molecular formula is C49H41NS. The topological polar surface area (TPSA) is 3.24 Å². The van der Waals surface area contributed by atoms with Crippen molar-refractivity contribution in [3.05, 3.63) is 150 Å². The first kappa shape index (κ1) is 29.0. The number of fused-ring (bicyclic) bond motifs is 9. The highest BCUT2D eigenvalue weighted by Crippen LogP contribution is 2.71. The van der Waals surface area contributed by atoms with Crippen molar-refractivity contribution in [2.24, 2.45) is 23.7 Å². The maximum atomic E-state index is 2.67. The quantitative estimate of drug-likeness (QED) is 0.180. The van der Waals surface area contributed by atoms with E-state index in [1.54, 1.807) is 11.1 Å². The molecule has 13 rings (SSSR count). The molecule has 6 aromatic carbocycles. The van der Waals surface area contributed by atoms with E-state index in [0.29, 0.717) is 11.8 Å². The van der Waals surface area contributed by atoms with Crippen LogP contribution < -0.4 is 4.90 Å². The fraction of sp³-hybridized carbons (Fsp3) is 0.265. The lowest BCUT2D eigenvalue weighted by Crippen LogP contribution is -2.55. The minimum atomic E-state index is -0.0689. The average Bonchev–Trinajstić information content (AvgIpc) is 3.75. The summed E-state index contributed by atoms with van der Waals surface area (Å²) in [6.07, 6.45) is 7.00. The molecule has 1 heterocycles. The second kappa shape index (κ2) is 10.0. The van der Waals surface area contributed by atoms with Crippen LogP contribution in [0.4, 0.5) is 17.1 Å². The van der Waals surface area contributed by atoms with Crippen LogP contribution in [0.1, 0.15) is 68.2 Å². The molecule has 0 N–H and O–H groups in total. The predicted molar refractivity (Wildman–Crippen MR) is 215 cm³/mol. The van der Waals surface area contributed by atoms with E-state index in [1.807, 2.05) is 11.3 Å². The maximum Gasteiger partial charge on any atom is 0.0509 e. The maximum absolute atomic E-state index is 2.67. The fourth-order valence-electron chi connectivity index (χ4n) is 12.5. The van der Waals surface area contributed by atoms with Crippen molar-refractivity contribution in [3.8, 4) is 22.3 Å². The number of hydrogen-bond acceptors (Lipinski definition) is 2. The van der Waals surface area contributed by atoms with E-state index in [-0.39, 0.29) is 10.8 Å². The molecule has 2 heteroatoms. The van der Waals surface area contributed by atoms with Crippen LogP contribution in [0.3, 0.4) is 0 Å². The second-order valence-corrected chi connectivity index (χ2v) is 18.0. The molecule has 0 amide bonds. The molecular weight excluding hydrogens is 635 g/mol. The molecule has 4 bridgehead atoms. The molecule has 0 atom stereocenters. The minimum Gasteiger partial charge on any atom is -0.310 e. The average molecular weight is 676 g/mol. The van der Waals surface area contributed by atoms with Crippen LogP contribution in [-0.2, 0) is 10.8 Å². The standard InChI is InChI=1S/C49H41NS/c1-48(2)41-14-6-3-10-35(41)37-20-18-33(27-43(37)48)50(34-19-21-39-38-12-5-8-17-45(38)51-46(39)28-34)44-16-9-13-40-36-11-4-7-15-42(36)49(47(40)44)31-23-29-22-30(25-31)26-32(49)24-29/h3-21,27-32H,22-26H2,1-2H3. The molecule has 0 saturated heterocycles. The number of anilines is 3. The zero-order chi connectivity index (χ0) is 33.6. The lowest BCUT2D eigenvalue weighted by Gasteiger charge is -2.61. The summed E-state index contributed by atoms with van der Waals surface area (Å²) >= 11 is 1.92. The number of nitrogens with zero attached hydrogens (tertiary/aromatic N) is 1. The number of rotatable bonds is 3. The van der Waals surface area contributed by atoms with E-state index < -0.39 is 0 Å². The molecule has 6 aliphatic carbocycles. The van der Waals surface area contributed by atoms with Gasteiger partial charge in [-0.2, -0.15) is 0 Å². The minimum absolute atomic E-state index is 0.0689. The van der Waals surface area contributed by atoms with Crippen molar-refractivity contribution < 1.29 is 0 Å². The monoisotopic (exact) mass is 675 g/mol. The second-order valence-electron chi connectivity index (χ2n) is 16.9. The normalized spacial score (nSPS) is 25.7. The summed E-state index contributed by atoms with van der Waals surface area (Å²) in [7, 11) is 0. The van der Waals surface area contributed by atoms with Gasteiger partial charge in [-0.05, 0) is 137 Å². The largest absolute Gasteiger partial charge is 0.310 e. The third-order valence-electron chi connectivity index (χ3n) is 14.2. The molecule has 1 aromatic heterocycles. The van der Waals surface area contributed by atoms with Crippen LogP contribution in [0.25, 0.3) is 42.4 Å². The van der Waals surface area contributed by atoms with Gasteiger partial charge in [0.05, 0.1) is 5.69 Å². The van der Waals surface area contributed by atoms with Gasteiger partial charge < -0.3 is 4.90 Å². The molecule has 4 saturated carbocycles. The van der Waals surface area contributed by atoms with Crippen molar-refractivity contribution in [1.82, 2.24) is 0 Å². The van der Waals surface area contributed by atoms with E-state index in [9.17, 15) is 0 Å². The molecule has 1 spiro atoms. The SMILES string of the molecule is CC1(C)c2ccccc2-c2ccc(N(c3ccc4c(c3)sc3ccccc34)c3cccc4c3C3(c5ccccc5-4)C4CC5CC(C4)CC3C5)cc21. The van der Waals surface area contributed by atoms with E-state index in [1.165, 1.54) is 103 Å². The molecule has 0 radical (unpaired) electrons. The highest BCUT2D eigenvalue weighted by atomic mass is 32.1. The van der Waals surface area contributed by atoms with E-state index in [0.717, 1.165) is 11.8 Å². The lowest BCUT2D eigenvalue weighted by molar-refractivity contribution is -0.0397. The van der Waals surface area contributed by atoms with E-state index in [2.05, 4.69) is 146 Å². The summed E-state index contributed by atoms with van der Waals surface area (Å²) in [5.41, 5.74) is 15.7. The predicted octanol–water partition coefficient (Wildman–Crippen LogP) is 13.6.